The first kappa shape index (κ1) is 23.5. The average molecular weight is 352 g/mol. The summed E-state index contributed by atoms with van der Waals surface area (Å²) in [5.74, 6) is -7.30. The maximum Gasteiger partial charge on any atom is 0.366 e. The normalized spacial score (nSPS) is 11.8. The van der Waals surface area contributed by atoms with Crippen molar-refractivity contribution in [3.8, 4) is 0 Å². The van der Waals surface area contributed by atoms with Gasteiger partial charge in [0.2, 0.25) is 11.7 Å². The molecule has 0 radical (unpaired) electrons. The minimum Gasteiger partial charge on any atom is -0.481 e. The molecule has 0 bridgehead atoms. The van der Waals surface area contributed by atoms with E-state index in [0.717, 1.165) is 13.2 Å². The zero-order valence-corrected chi connectivity index (χ0v) is 13.5. The number of hydrogen-bond acceptors (Lipinski definition) is 6. The van der Waals surface area contributed by atoms with Crippen LogP contribution in [0.2, 0.25) is 0 Å². The van der Waals surface area contributed by atoms with E-state index >= 15 is 0 Å². The third kappa shape index (κ3) is 10.0. The standard InChI is InChI=1S/2C7H9FO4/c1-7(2,6(11)12)3-4(8)5(9)10;1-11-6(9)4-3-5(8)7(10)12-2/h3H,1-2H3,(H,9,10)(H,11,12);3H,4H2,1-2H3. The van der Waals surface area contributed by atoms with E-state index in [1.807, 2.05) is 0 Å². The third-order valence-electron chi connectivity index (χ3n) is 2.30. The van der Waals surface area contributed by atoms with Crippen LogP contribution in [0.25, 0.3) is 0 Å². The van der Waals surface area contributed by atoms with Gasteiger partial charge in [0, 0.05) is 0 Å². The van der Waals surface area contributed by atoms with E-state index < -0.39 is 40.9 Å². The lowest BCUT2D eigenvalue weighted by atomic mass is 9.93. The Bertz CT molecular complexity index is 549. The van der Waals surface area contributed by atoms with Crippen LogP contribution in [0.15, 0.2) is 23.8 Å². The Morgan fingerprint density at radius 2 is 1.50 bits per heavy atom. The van der Waals surface area contributed by atoms with Gasteiger partial charge in [-0.15, -0.1) is 0 Å². The topological polar surface area (TPSA) is 127 Å². The maximum absolute atomic E-state index is 12.5. The van der Waals surface area contributed by atoms with Crippen molar-refractivity contribution >= 4 is 23.9 Å². The van der Waals surface area contributed by atoms with Crippen molar-refractivity contribution in [1.29, 1.82) is 0 Å². The number of carbonyl (C=O) groups excluding carboxylic acids is 2. The van der Waals surface area contributed by atoms with Gasteiger partial charge in [-0.25, -0.2) is 9.59 Å². The molecule has 8 nitrogen and oxygen atoms in total. The van der Waals surface area contributed by atoms with Gasteiger partial charge < -0.3 is 19.7 Å². The number of halogens is 2. The minimum atomic E-state index is -1.76. The molecule has 0 spiro atoms. The lowest BCUT2D eigenvalue weighted by molar-refractivity contribution is -0.144. The van der Waals surface area contributed by atoms with Gasteiger partial charge in [-0.05, 0) is 26.0 Å². The number of carboxylic acids is 2. The summed E-state index contributed by atoms with van der Waals surface area (Å²) in [6, 6.07) is 0. The highest BCUT2D eigenvalue weighted by molar-refractivity contribution is 5.87. The summed E-state index contributed by atoms with van der Waals surface area (Å²) in [4.78, 5) is 41.2. The molecule has 24 heavy (non-hydrogen) atoms. The second-order valence-corrected chi connectivity index (χ2v) is 4.65. The van der Waals surface area contributed by atoms with Gasteiger partial charge in [0.15, 0.2) is 0 Å². The van der Waals surface area contributed by atoms with Gasteiger partial charge in [-0.2, -0.15) is 8.78 Å². The summed E-state index contributed by atoms with van der Waals surface area (Å²) >= 11 is 0. The SMILES string of the molecule is CC(C)(C=C(F)C(=O)O)C(=O)O.COC(=O)CC=C(F)C(=O)OC. The highest BCUT2D eigenvalue weighted by Gasteiger charge is 2.26. The molecule has 0 rings (SSSR count). The number of rotatable bonds is 6. The zero-order chi connectivity index (χ0) is 19.5. The Morgan fingerprint density at radius 1 is 1.00 bits per heavy atom. The first-order valence-electron chi connectivity index (χ1n) is 6.24. The lowest BCUT2D eigenvalue weighted by Crippen LogP contribution is -2.21. The van der Waals surface area contributed by atoms with E-state index in [0.29, 0.717) is 6.08 Å². The van der Waals surface area contributed by atoms with E-state index in [-0.39, 0.29) is 6.42 Å². The van der Waals surface area contributed by atoms with E-state index in [9.17, 15) is 28.0 Å². The van der Waals surface area contributed by atoms with Crippen LogP contribution in [0, 0.1) is 5.41 Å². The third-order valence-corrected chi connectivity index (χ3v) is 2.30. The van der Waals surface area contributed by atoms with Crippen LogP contribution in [-0.2, 0) is 28.7 Å². The zero-order valence-electron chi connectivity index (χ0n) is 13.5. The van der Waals surface area contributed by atoms with Crippen LogP contribution in [0.5, 0.6) is 0 Å². The fraction of sp³-hybridized carbons (Fsp3) is 0.429. The first-order valence-corrected chi connectivity index (χ1v) is 6.24. The molecule has 10 heteroatoms. The van der Waals surface area contributed by atoms with E-state index in [4.69, 9.17) is 10.2 Å². The van der Waals surface area contributed by atoms with E-state index in [1.54, 1.807) is 0 Å². The summed E-state index contributed by atoms with van der Waals surface area (Å²) < 4.78 is 33.1. The minimum absolute atomic E-state index is 0.280. The fourth-order valence-electron chi connectivity index (χ4n) is 0.877. The smallest absolute Gasteiger partial charge is 0.366 e. The molecule has 0 atom stereocenters. The van der Waals surface area contributed by atoms with Crippen molar-refractivity contribution in [3.05, 3.63) is 23.8 Å². The molecule has 0 aromatic heterocycles. The largest absolute Gasteiger partial charge is 0.481 e. The van der Waals surface area contributed by atoms with Gasteiger partial charge in [0.05, 0.1) is 26.1 Å². The summed E-state index contributed by atoms with van der Waals surface area (Å²) in [6.07, 6.45) is 1.08. The van der Waals surface area contributed by atoms with Crippen LogP contribution in [0.3, 0.4) is 0 Å². The fourth-order valence-corrected chi connectivity index (χ4v) is 0.877. The quantitative estimate of drug-likeness (QED) is 0.545. The number of ether oxygens (including phenoxy) is 2. The maximum atomic E-state index is 12.5. The Hall–Kier alpha value is -2.78. The molecule has 0 aliphatic heterocycles. The molecule has 0 saturated carbocycles. The molecule has 0 aliphatic rings. The van der Waals surface area contributed by atoms with E-state index in [2.05, 4.69) is 9.47 Å². The Balaban J connectivity index is 0. The molecule has 0 aromatic rings. The summed E-state index contributed by atoms with van der Waals surface area (Å²) in [5.41, 5.74) is -1.50. The van der Waals surface area contributed by atoms with E-state index in [1.165, 1.54) is 21.0 Å². The molecule has 0 amide bonds. The molecule has 0 fully saturated rings. The molecule has 0 unspecified atom stereocenters. The van der Waals surface area contributed by atoms with Crippen molar-refractivity contribution in [2.45, 2.75) is 20.3 Å². The molecular formula is C14H18F2O8. The number of hydrogen-bond donors (Lipinski definition) is 2. The Labute approximate surface area is 136 Å². The van der Waals surface area contributed by atoms with Gasteiger partial charge in [0.25, 0.3) is 0 Å². The Morgan fingerprint density at radius 3 is 1.83 bits per heavy atom. The predicted octanol–water partition coefficient (Wildman–Crippen LogP) is 1.61. The molecule has 136 valence electrons. The number of carbonyl (C=O) groups is 4. The molecule has 0 saturated heterocycles. The molecule has 2 N–H and O–H groups in total. The number of methoxy groups -OCH3 is 2. The predicted molar refractivity (Wildman–Crippen MR) is 76.1 cm³/mol. The van der Waals surface area contributed by atoms with Crippen molar-refractivity contribution in [2.75, 3.05) is 14.2 Å². The lowest BCUT2D eigenvalue weighted by Gasteiger charge is -2.12. The average Bonchev–Trinajstić information content (AvgIpc) is 2.51. The van der Waals surface area contributed by atoms with Crippen molar-refractivity contribution in [3.63, 3.8) is 0 Å². The molecule has 0 aliphatic carbocycles. The highest BCUT2D eigenvalue weighted by Crippen LogP contribution is 2.19. The summed E-state index contributed by atoms with van der Waals surface area (Å²) in [5, 5.41) is 16.6. The summed E-state index contributed by atoms with van der Waals surface area (Å²) in [7, 11) is 2.22. The number of aliphatic carboxylic acids is 2. The Kier molecular flexibility index (Phi) is 10.6. The highest BCUT2D eigenvalue weighted by atomic mass is 19.1. The first-order chi connectivity index (χ1) is 10.9. The monoisotopic (exact) mass is 352 g/mol. The van der Waals surface area contributed by atoms with Crippen molar-refractivity contribution in [1.82, 2.24) is 0 Å². The van der Waals surface area contributed by atoms with Crippen LogP contribution in [0.4, 0.5) is 8.78 Å². The summed E-state index contributed by atoms with van der Waals surface area (Å²) in [6.45, 7) is 2.41. The second kappa shape index (κ2) is 10.9. The number of esters is 2. The van der Waals surface area contributed by atoms with Gasteiger partial charge in [-0.3, -0.25) is 9.59 Å². The van der Waals surface area contributed by atoms with Crippen LogP contribution >= 0.6 is 0 Å². The van der Waals surface area contributed by atoms with Gasteiger partial charge >= 0.3 is 23.9 Å². The molecule has 0 heterocycles. The van der Waals surface area contributed by atoms with Gasteiger partial charge in [-0.1, -0.05) is 0 Å². The van der Waals surface area contributed by atoms with Crippen molar-refractivity contribution < 1.29 is 47.6 Å². The van der Waals surface area contributed by atoms with Gasteiger partial charge in [0.1, 0.15) is 0 Å². The molecular weight excluding hydrogens is 334 g/mol. The van der Waals surface area contributed by atoms with Crippen molar-refractivity contribution in [2.24, 2.45) is 5.41 Å². The van der Waals surface area contributed by atoms with Crippen LogP contribution in [0.1, 0.15) is 20.3 Å². The van der Waals surface area contributed by atoms with Crippen LogP contribution < -0.4 is 0 Å². The van der Waals surface area contributed by atoms with Crippen LogP contribution in [-0.4, -0.2) is 48.3 Å². The number of carboxylic acid groups (broad SMARTS) is 2. The molecule has 0 aromatic carbocycles. The second-order valence-electron chi connectivity index (χ2n) is 4.65.